The van der Waals surface area contributed by atoms with Gasteiger partial charge >= 0.3 is 5.97 Å². The van der Waals surface area contributed by atoms with E-state index in [-0.39, 0.29) is 12.4 Å². The van der Waals surface area contributed by atoms with Crippen molar-refractivity contribution in [3.63, 3.8) is 0 Å². The van der Waals surface area contributed by atoms with E-state index < -0.39 is 12.0 Å². The molecule has 0 saturated heterocycles. The molecule has 1 aromatic rings. The second-order valence-corrected chi connectivity index (χ2v) is 3.76. The van der Waals surface area contributed by atoms with Gasteiger partial charge in [-0.25, -0.2) is 4.79 Å². The molecular formula is C11H14ClNO2. The molecule has 2 N–H and O–H groups in total. The van der Waals surface area contributed by atoms with Gasteiger partial charge in [0.15, 0.2) is 0 Å². The predicted molar refractivity (Wildman–Crippen MR) is 61.8 cm³/mol. The standard InChI is InChI=1S/C11H13NO2.ClH/c1-7-6-10(11(13)14)12-9-5-3-2-4-8(7)9;/h2-5,7,10,12H,6H2,1H3,(H,13,14);1H/t7-,10-;/m1./s1. The number of fused-ring (bicyclic) bond motifs is 1. The van der Waals surface area contributed by atoms with Crippen LogP contribution >= 0.6 is 12.4 Å². The Bertz CT molecular complexity index is 367. The maximum atomic E-state index is 10.8. The zero-order chi connectivity index (χ0) is 10.1. The SMILES string of the molecule is C[C@@H]1C[C@H](C(=O)O)Nc2ccccc21.Cl. The van der Waals surface area contributed by atoms with Gasteiger partial charge in [-0.2, -0.15) is 0 Å². The van der Waals surface area contributed by atoms with Gasteiger partial charge in [0.2, 0.25) is 0 Å². The van der Waals surface area contributed by atoms with Crippen LogP contribution in [0.5, 0.6) is 0 Å². The number of carboxylic acids is 1. The third kappa shape index (κ3) is 2.23. The highest BCUT2D eigenvalue weighted by Crippen LogP contribution is 2.33. The van der Waals surface area contributed by atoms with Gasteiger partial charge in [0.25, 0.3) is 0 Å². The summed E-state index contributed by atoms with van der Waals surface area (Å²) >= 11 is 0. The van der Waals surface area contributed by atoms with E-state index in [9.17, 15) is 4.79 Å². The minimum Gasteiger partial charge on any atom is -0.480 e. The van der Waals surface area contributed by atoms with Gasteiger partial charge in [-0.1, -0.05) is 25.1 Å². The van der Waals surface area contributed by atoms with Gasteiger partial charge in [-0.3, -0.25) is 0 Å². The second kappa shape index (κ2) is 4.53. The average molecular weight is 228 g/mol. The number of nitrogens with one attached hydrogen (secondary N) is 1. The van der Waals surface area contributed by atoms with E-state index in [0.717, 1.165) is 5.69 Å². The van der Waals surface area contributed by atoms with Crippen LogP contribution in [0.3, 0.4) is 0 Å². The Balaban J connectivity index is 0.00000112. The third-order valence-corrected chi connectivity index (χ3v) is 2.71. The highest BCUT2D eigenvalue weighted by molar-refractivity contribution is 5.85. The molecule has 1 aromatic carbocycles. The van der Waals surface area contributed by atoms with Gasteiger partial charge in [-0.15, -0.1) is 12.4 Å². The number of hydrogen-bond donors (Lipinski definition) is 2. The van der Waals surface area contributed by atoms with Crippen molar-refractivity contribution in [3.8, 4) is 0 Å². The lowest BCUT2D eigenvalue weighted by atomic mass is 9.88. The highest BCUT2D eigenvalue weighted by Gasteiger charge is 2.27. The Morgan fingerprint density at radius 1 is 1.47 bits per heavy atom. The summed E-state index contributed by atoms with van der Waals surface area (Å²) in [5.41, 5.74) is 2.17. The number of halogens is 1. The Kier molecular flexibility index (Phi) is 3.58. The number of carbonyl (C=O) groups is 1. The van der Waals surface area contributed by atoms with Crippen LogP contribution in [0.1, 0.15) is 24.8 Å². The van der Waals surface area contributed by atoms with Gasteiger partial charge in [-0.05, 0) is 24.0 Å². The van der Waals surface area contributed by atoms with Crippen LogP contribution in [-0.2, 0) is 4.79 Å². The van der Waals surface area contributed by atoms with E-state index in [2.05, 4.69) is 12.2 Å². The maximum Gasteiger partial charge on any atom is 0.326 e. The fourth-order valence-corrected chi connectivity index (χ4v) is 1.95. The van der Waals surface area contributed by atoms with E-state index in [4.69, 9.17) is 5.11 Å². The molecule has 0 aliphatic carbocycles. The van der Waals surface area contributed by atoms with Crippen molar-refractivity contribution in [2.24, 2.45) is 0 Å². The fraction of sp³-hybridized carbons (Fsp3) is 0.364. The molecule has 0 fully saturated rings. The zero-order valence-corrected chi connectivity index (χ0v) is 9.25. The predicted octanol–water partition coefficient (Wildman–Crippen LogP) is 2.48. The van der Waals surface area contributed by atoms with Gasteiger partial charge < -0.3 is 10.4 Å². The van der Waals surface area contributed by atoms with Gasteiger partial charge in [0, 0.05) is 5.69 Å². The smallest absolute Gasteiger partial charge is 0.326 e. The van der Waals surface area contributed by atoms with Crippen LogP contribution in [0.15, 0.2) is 24.3 Å². The molecule has 1 aliphatic rings. The molecule has 2 atom stereocenters. The quantitative estimate of drug-likeness (QED) is 0.775. The summed E-state index contributed by atoms with van der Waals surface area (Å²) in [4.78, 5) is 10.8. The molecule has 4 heteroatoms. The topological polar surface area (TPSA) is 49.3 Å². The third-order valence-electron chi connectivity index (χ3n) is 2.71. The average Bonchev–Trinajstić information content (AvgIpc) is 2.17. The van der Waals surface area contributed by atoms with E-state index in [1.54, 1.807) is 0 Å². The van der Waals surface area contributed by atoms with Crippen LogP contribution in [-0.4, -0.2) is 17.1 Å². The number of hydrogen-bond acceptors (Lipinski definition) is 2. The van der Waals surface area contributed by atoms with E-state index in [0.29, 0.717) is 12.3 Å². The van der Waals surface area contributed by atoms with Crippen LogP contribution < -0.4 is 5.32 Å². The Labute approximate surface area is 94.9 Å². The lowest BCUT2D eigenvalue weighted by molar-refractivity contribution is -0.138. The molecule has 0 radical (unpaired) electrons. The van der Waals surface area contributed by atoms with Gasteiger partial charge in [0.1, 0.15) is 6.04 Å². The first-order chi connectivity index (χ1) is 6.68. The number of para-hydroxylation sites is 1. The van der Waals surface area contributed by atoms with Crippen LogP contribution in [0.25, 0.3) is 0 Å². The summed E-state index contributed by atoms with van der Waals surface area (Å²) in [5, 5.41) is 11.9. The Morgan fingerprint density at radius 3 is 2.80 bits per heavy atom. The molecule has 2 rings (SSSR count). The number of rotatable bonds is 1. The molecule has 15 heavy (non-hydrogen) atoms. The van der Waals surface area contributed by atoms with Crippen molar-refractivity contribution in [3.05, 3.63) is 29.8 Å². The van der Waals surface area contributed by atoms with Crippen molar-refractivity contribution in [2.75, 3.05) is 5.32 Å². The van der Waals surface area contributed by atoms with Crippen LogP contribution in [0.2, 0.25) is 0 Å². The Hall–Kier alpha value is -1.22. The Morgan fingerprint density at radius 2 is 2.13 bits per heavy atom. The minimum atomic E-state index is -0.772. The molecule has 82 valence electrons. The van der Waals surface area contributed by atoms with Crippen molar-refractivity contribution in [2.45, 2.75) is 25.3 Å². The van der Waals surface area contributed by atoms with E-state index in [1.165, 1.54) is 5.56 Å². The first-order valence-corrected chi connectivity index (χ1v) is 4.76. The summed E-state index contributed by atoms with van der Waals surface area (Å²) < 4.78 is 0. The number of benzene rings is 1. The summed E-state index contributed by atoms with van der Waals surface area (Å²) in [5.74, 6) is -0.458. The monoisotopic (exact) mass is 227 g/mol. The summed E-state index contributed by atoms with van der Waals surface area (Å²) in [7, 11) is 0. The normalized spacial score (nSPS) is 23.3. The lowest BCUT2D eigenvalue weighted by Gasteiger charge is -2.28. The van der Waals surface area contributed by atoms with Crippen molar-refractivity contribution >= 4 is 24.1 Å². The molecule has 0 bridgehead atoms. The molecule has 0 unspecified atom stereocenters. The second-order valence-electron chi connectivity index (χ2n) is 3.76. The van der Waals surface area contributed by atoms with E-state index >= 15 is 0 Å². The van der Waals surface area contributed by atoms with Gasteiger partial charge in [0.05, 0.1) is 0 Å². The molecule has 1 heterocycles. The summed E-state index contributed by atoms with van der Waals surface area (Å²) in [6, 6.07) is 7.44. The molecule has 0 aromatic heterocycles. The van der Waals surface area contributed by atoms with Crippen molar-refractivity contribution in [1.82, 2.24) is 0 Å². The molecule has 0 saturated carbocycles. The molecule has 0 spiro atoms. The molecule has 1 aliphatic heterocycles. The van der Waals surface area contributed by atoms with Crippen LogP contribution in [0.4, 0.5) is 5.69 Å². The zero-order valence-electron chi connectivity index (χ0n) is 8.43. The highest BCUT2D eigenvalue weighted by atomic mass is 35.5. The molecular weight excluding hydrogens is 214 g/mol. The largest absolute Gasteiger partial charge is 0.480 e. The first-order valence-electron chi connectivity index (χ1n) is 4.76. The lowest BCUT2D eigenvalue weighted by Crippen LogP contribution is -2.34. The maximum absolute atomic E-state index is 10.8. The first kappa shape index (κ1) is 11.9. The molecule has 0 amide bonds. The number of aliphatic carboxylic acids is 1. The summed E-state index contributed by atoms with van der Waals surface area (Å²) in [6.07, 6.45) is 0.659. The number of anilines is 1. The molecule has 3 nitrogen and oxygen atoms in total. The van der Waals surface area contributed by atoms with Crippen molar-refractivity contribution in [1.29, 1.82) is 0 Å². The number of carboxylic acid groups (broad SMARTS) is 1. The minimum absolute atomic E-state index is 0. The van der Waals surface area contributed by atoms with E-state index in [1.807, 2.05) is 24.3 Å². The van der Waals surface area contributed by atoms with Crippen molar-refractivity contribution < 1.29 is 9.90 Å². The fourth-order valence-electron chi connectivity index (χ4n) is 1.95. The summed E-state index contributed by atoms with van der Waals surface area (Å²) in [6.45, 7) is 2.07. The van der Waals surface area contributed by atoms with Crippen LogP contribution in [0, 0.1) is 0 Å².